The summed E-state index contributed by atoms with van der Waals surface area (Å²) in [7, 11) is 0. The van der Waals surface area contributed by atoms with Gasteiger partial charge in [-0.15, -0.1) is 11.3 Å². The highest BCUT2D eigenvalue weighted by atomic mass is 32.1. The highest BCUT2D eigenvalue weighted by Crippen LogP contribution is 2.24. The van der Waals surface area contributed by atoms with E-state index in [1.165, 1.54) is 5.56 Å². The normalized spacial score (nSPS) is 10.8. The number of nitrogens with one attached hydrogen (secondary N) is 1. The molecule has 0 fully saturated rings. The number of aromatic nitrogens is 3. The summed E-state index contributed by atoms with van der Waals surface area (Å²) in [5.74, 6) is -0.0558. The number of hydrogen-bond acceptors (Lipinski definition) is 4. The first-order chi connectivity index (χ1) is 16.7. The van der Waals surface area contributed by atoms with Crippen molar-refractivity contribution in [1.29, 1.82) is 0 Å². The third kappa shape index (κ3) is 5.30. The van der Waals surface area contributed by atoms with Crippen LogP contribution in [0.5, 0.6) is 0 Å². The standard InChI is InChI=1S/C28H24N4OS/c33-26(16-25-20-34-28(30-25)23-14-8-3-9-15-23)29-17-24-19-32(18-21-10-4-1-5-11-21)31-27(24)22-12-6-2-7-13-22/h1-15,19-20H,16-18H2,(H,29,33). The maximum absolute atomic E-state index is 12.7. The molecule has 1 amide bonds. The summed E-state index contributed by atoms with van der Waals surface area (Å²) in [5.41, 5.74) is 5.93. The van der Waals surface area contributed by atoms with Gasteiger partial charge in [-0.05, 0) is 5.56 Å². The summed E-state index contributed by atoms with van der Waals surface area (Å²) in [6, 6.07) is 30.3. The summed E-state index contributed by atoms with van der Waals surface area (Å²) >= 11 is 1.56. The van der Waals surface area contributed by atoms with E-state index in [0.717, 1.165) is 33.1 Å². The smallest absolute Gasteiger partial charge is 0.226 e. The summed E-state index contributed by atoms with van der Waals surface area (Å²) in [5, 5.41) is 10.8. The Bertz CT molecular complexity index is 1360. The molecule has 2 aromatic heterocycles. The maximum atomic E-state index is 12.7. The predicted molar refractivity (Wildman–Crippen MR) is 136 cm³/mol. The third-order valence-corrected chi connectivity index (χ3v) is 6.40. The van der Waals surface area contributed by atoms with Crippen molar-refractivity contribution in [3.8, 4) is 21.8 Å². The second-order valence-corrected chi connectivity index (χ2v) is 8.87. The lowest BCUT2D eigenvalue weighted by Crippen LogP contribution is -2.24. The SMILES string of the molecule is O=C(Cc1csc(-c2ccccc2)n1)NCc1cn(Cc2ccccc2)nc1-c1ccccc1. The van der Waals surface area contributed by atoms with Crippen LogP contribution in [0.4, 0.5) is 0 Å². The number of rotatable bonds is 8. The second kappa shape index (κ2) is 10.3. The number of amides is 1. The third-order valence-electron chi connectivity index (χ3n) is 5.46. The highest BCUT2D eigenvalue weighted by molar-refractivity contribution is 7.13. The Morgan fingerprint density at radius 2 is 1.50 bits per heavy atom. The van der Waals surface area contributed by atoms with Crippen molar-refractivity contribution >= 4 is 17.2 Å². The molecule has 1 N–H and O–H groups in total. The summed E-state index contributed by atoms with van der Waals surface area (Å²) in [6.45, 7) is 1.09. The average molecular weight is 465 g/mol. The minimum Gasteiger partial charge on any atom is -0.352 e. The van der Waals surface area contributed by atoms with Crippen LogP contribution in [0.3, 0.4) is 0 Å². The second-order valence-electron chi connectivity index (χ2n) is 8.02. The molecule has 0 saturated heterocycles. The number of thiazole rings is 1. The van der Waals surface area contributed by atoms with Crippen LogP contribution in [0.2, 0.25) is 0 Å². The predicted octanol–water partition coefficient (Wildman–Crippen LogP) is 5.58. The van der Waals surface area contributed by atoms with Crippen molar-refractivity contribution in [2.24, 2.45) is 0 Å². The van der Waals surface area contributed by atoms with Gasteiger partial charge in [0, 0.05) is 34.8 Å². The zero-order valence-electron chi connectivity index (χ0n) is 18.6. The van der Waals surface area contributed by atoms with Gasteiger partial charge in [0.2, 0.25) is 5.91 Å². The molecule has 2 heterocycles. The molecule has 0 unspecified atom stereocenters. The molecule has 5 aromatic rings. The molecule has 0 aliphatic carbocycles. The minimum atomic E-state index is -0.0558. The zero-order valence-corrected chi connectivity index (χ0v) is 19.4. The first-order valence-electron chi connectivity index (χ1n) is 11.2. The van der Waals surface area contributed by atoms with Gasteiger partial charge in [-0.3, -0.25) is 9.48 Å². The minimum absolute atomic E-state index is 0.0558. The molecule has 34 heavy (non-hydrogen) atoms. The molecule has 0 aliphatic rings. The van der Waals surface area contributed by atoms with Gasteiger partial charge in [0.05, 0.1) is 24.4 Å². The van der Waals surface area contributed by atoms with Crippen LogP contribution in [0, 0.1) is 0 Å². The van der Waals surface area contributed by atoms with E-state index < -0.39 is 0 Å². The lowest BCUT2D eigenvalue weighted by Gasteiger charge is -2.05. The number of carbonyl (C=O) groups excluding carboxylic acids is 1. The average Bonchev–Trinajstić information content (AvgIpc) is 3.51. The fourth-order valence-electron chi connectivity index (χ4n) is 3.80. The van der Waals surface area contributed by atoms with Crippen LogP contribution in [-0.4, -0.2) is 20.7 Å². The largest absolute Gasteiger partial charge is 0.352 e. The Labute approximate surface area is 202 Å². The topological polar surface area (TPSA) is 59.8 Å². The van der Waals surface area contributed by atoms with Crippen molar-refractivity contribution in [1.82, 2.24) is 20.1 Å². The van der Waals surface area contributed by atoms with Gasteiger partial charge in [0.25, 0.3) is 0 Å². The Kier molecular flexibility index (Phi) is 6.59. The van der Waals surface area contributed by atoms with Gasteiger partial charge < -0.3 is 5.32 Å². The number of hydrogen-bond donors (Lipinski definition) is 1. The van der Waals surface area contributed by atoms with E-state index in [2.05, 4.69) is 22.4 Å². The molecule has 5 rings (SSSR count). The van der Waals surface area contributed by atoms with E-state index in [1.807, 2.05) is 95.1 Å². The van der Waals surface area contributed by atoms with Crippen LogP contribution >= 0.6 is 11.3 Å². The van der Waals surface area contributed by atoms with E-state index in [1.54, 1.807) is 11.3 Å². The first kappa shape index (κ1) is 21.8. The highest BCUT2D eigenvalue weighted by Gasteiger charge is 2.14. The van der Waals surface area contributed by atoms with Gasteiger partial charge in [-0.2, -0.15) is 5.10 Å². The first-order valence-corrected chi connectivity index (χ1v) is 12.0. The van der Waals surface area contributed by atoms with Gasteiger partial charge >= 0.3 is 0 Å². The molecule has 6 heteroatoms. The molecule has 3 aromatic carbocycles. The molecule has 0 aliphatic heterocycles. The Hall–Kier alpha value is -4.03. The van der Waals surface area contributed by atoms with E-state index in [9.17, 15) is 4.79 Å². The van der Waals surface area contributed by atoms with E-state index >= 15 is 0 Å². The molecular weight excluding hydrogens is 440 g/mol. The van der Waals surface area contributed by atoms with Crippen molar-refractivity contribution in [3.63, 3.8) is 0 Å². The van der Waals surface area contributed by atoms with Crippen molar-refractivity contribution < 1.29 is 4.79 Å². The summed E-state index contributed by atoms with van der Waals surface area (Å²) in [4.78, 5) is 17.3. The van der Waals surface area contributed by atoms with Gasteiger partial charge in [0.1, 0.15) is 5.01 Å². The van der Waals surface area contributed by atoms with Crippen LogP contribution in [0.15, 0.2) is 103 Å². The van der Waals surface area contributed by atoms with Crippen molar-refractivity contribution in [2.75, 3.05) is 0 Å². The van der Waals surface area contributed by atoms with Crippen LogP contribution in [-0.2, 0) is 24.3 Å². The van der Waals surface area contributed by atoms with Gasteiger partial charge in [0.15, 0.2) is 0 Å². The Morgan fingerprint density at radius 1 is 0.853 bits per heavy atom. The molecule has 0 bridgehead atoms. The molecule has 0 radical (unpaired) electrons. The molecular formula is C28H24N4OS. The molecule has 0 saturated carbocycles. The summed E-state index contributed by atoms with van der Waals surface area (Å²) < 4.78 is 1.94. The van der Waals surface area contributed by atoms with Crippen LogP contribution in [0.25, 0.3) is 21.8 Å². The Balaban J connectivity index is 1.28. The van der Waals surface area contributed by atoms with E-state index in [0.29, 0.717) is 13.1 Å². The van der Waals surface area contributed by atoms with E-state index in [4.69, 9.17) is 5.10 Å². The van der Waals surface area contributed by atoms with Crippen LogP contribution < -0.4 is 5.32 Å². The van der Waals surface area contributed by atoms with Crippen molar-refractivity contribution in [3.05, 3.63) is 119 Å². The molecule has 168 valence electrons. The molecule has 0 spiro atoms. The monoisotopic (exact) mass is 464 g/mol. The Morgan fingerprint density at radius 3 is 2.21 bits per heavy atom. The lowest BCUT2D eigenvalue weighted by molar-refractivity contribution is -0.120. The fraction of sp³-hybridized carbons (Fsp3) is 0.107. The number of benzene rings is 3. The number of nitrogens with zero attached hydrogens (tertiary/aromatic N) is 3. The quantitative estimate of drug-likeness (QED) is 0.326. The lowest BCUT2D eigenvalue weighted by atomic mass is 10.1. The molecule has 0 atom stereocenters. The van der Waals surface area contributed by atoms with E-state index in [-0.39, 0.29) is 12.3 Å². The number of carbonyl (C=O) groups is 1. The van der Waals surface area contributed by atoms with Gasteiger partial charge in [-0.1, -0.05) is 91.0 Å². The van der Waals surface area contributed by atoms with Gasteiger partial charge in [-0.25, -0.2) is 4.98 Å². The van der Waals surface area contributed by atoms with Crippen molar-refractivity contribution in [2.45, 2.75) is 19.5 Å². The molecule has 5 nitrogen and oxygen atoms in total. The maximum Gasteiger partial charge on any atom is 0.226 e. The fourth-order valence-corrected chi connectivity index (χ4v) is 4.63. The zero-order chi connectivity index (χ0) is 23.2. The summed E-state index contributed by atoms with van der Waals surface area (Å²) in [6.07, 6.45) is 2.27. The van der Waals surface area contributed by atoms with Crippen LogP contribution in [0.1, 0.15) is 16.8 Å².